The number of morpholine rings is 1. The van der Waals surface area contributed by atoms with Crippen LogP contribution in [0.15, 0.2) is 33.3 Å². The van der Waals surface area contributed by atoms with Crippen LogP contribution in [0.4, 0.5) is 0 Å². The molecule has 1 saturated heterocycles. The molecule has 3 heterocycles. The maximum atomic E-state index is 12.7. The van der Waals surface area contributed by atoms with Gasteiger partial charge >= 0.3 is 0 Å². The molecule has 24 heavy (non-hydrogen) atoms. The molecule has 6 nitrogen and oxygen atoms in total. The highest BCUT2D eigenvalue weighted by Gasteiger charge is 2.19. The third-order valence-electron chi connectivity index (χ3n) is 4.20. The third kappa shape index (κ3) is 4.07. The maximum Gasteiger partial charge on any atom is 0.257 e. The van der Waals surface area contributed by atoms with Crippen LogP contribution in [0.2, 0.25) is 0 Å². The van der Waals surface area contributed by atoms with Crippen molar-refractivity contribution in [3.8, 4) is 0 Å². The molecule has 2 aromatic heterocycles. The van der Waals surface area contributed by atoms with Crippen molar-refractivity contribution in [2.45, 2.75) is 26.9 Å². The number of aryl methyl sites for hydroxylation is 1. The van der Waals surface area contributed by atoms with Gasteiger partial charge in [0.05, 0.1) is 31.9 Å². The Morgan fingerprint density at radius 3 is 2.71 bits per heavy atom. The normalized spacial score (nSPS) is 15.6. The van der Waals surface area contributed by atoms with Crippen molar-refractivity contribution in [3.63, 3.8) is 0 Å². The van der Waals surface area contributed by atoms with Gasteiger partial charge < -0.3 is 18.5 Å². The van der Waals surface area contributed by atoms with Crippen LogP contribution in [0.5, 0.6) is 0 Å². The summed E-state index contributed by atoms with van der Waals surface area (Å²) in [6, 6.07) is 5.66. The summed E-state index contributed by atoms with van der Waals surface area (Å²) in [5.74, 6) is 2.41. The lowest BCUT2D eigenvalue weighted by Crippen LogP contribution is -2.35. The second-order valence-corrected chi connectivity index (χ2v) is 6.02. The van der Waals surface area contributed by atoms with Gasteiger partial charge in [-0.2, -0.15) is 0 Å². The predicted molar refractivity (Wildman–Crippen MR) is 88.7 cm³/mol. The molecule has 0 radical (unpaired) electrons. The van der Waals surface area contributed by atoms with E-state index in [9.17, 15) is 4.79 Å². The topological polar surface area (TPSA) is 59.1 Å². The number of carbonyl (C=O) groups excluding carboxylic acids is 1. The second kappa shape index (κ2) is 7.68. The van der Waals surface area contributed by atoms with Gasteiger partial charge in [0, 0.05) is 19.6 Å². The smallest absolute Gasteiger partial charge is 0.257 e. The number of ether oxygens (including phenoxy) is 1. The molecular weight excluding hydrogens is 308 g/mol. The lowest BCUT2D eigenvalue weighted by atomic mass is 10.2. The lowest BCUT2D eigenvalue weighted by molar-refractivity contribution is 0.0313. The first-order valence-corrected chi connectivity index (χ1v) is 8.38. The van der Waals surface area contributed by atoms with Crippen LogP contribution in [0, 0.1) is 6.92 Å². The van der Waals surface area contributed by atoms with Crippen LogP contribution in [-0.2, 0) is 17.8 Å². The summed E-state index contributed by atoms with van der Waals surface area (Å²) in [4.78, 5) is 16.7. The third-order valence-corrected chi connectivity index (χ3v) is 4.20. The van der Waals surface area contributed by atoms with Gasteiger partial charge in [0.15, 0.2) is 0 Å². The molecule has 6 heteroatoms. The van der Waals surface area contributed by atoms with Gasteiger partial charge in [-0.3, -0.25) is 9.69 Å². The summed E-state index contributed by atoms with van der Waals surface area (Å²) >= 11 is 0. The molecule has 1 amide bonds. The largest absolute Gasteiger partial charge is 0.467 e. The molecule has 0 unspecified atom stereocenters. The van der Waals surface area contributed by atoms with E-state index in [1.807, 2.05) is 32.0 Å². The van der Waals surface area contributed by atoms with Crippen LogP contribution in [0.25, 0.3) is 0 Å². The molecule has 1 aliphatic heterocycles. The Morgan fingerprint density at radius 2 is 2.04 bits per heavy atom. The highest BCUT2D eigenvalue weighted by Crippen LogP contribution is 2.16. The highest BCUT2D eigenvalue weighted by molar-refractivity contribution is 5.94. The fourth-order valence-corrected chi connectivity index (χ4v) is 2.82. The number of nitrogens with zero attached hydrogens (tertiary/aromatic N) is 2. The lowest BCUT2D eigenvalue weighted by Gasteiger charge is -2.25. The average molecular weight is 332 g/mol. The zero-order valence-electron chi connectivity index (χ0n) is 14.3. The zero-order chi connectivity index (χ0) is 16.9. The first-order chi connectivity index (χ1) is 11.7. The summed E-state index contributed by atoms with van der Waals surface area (Å²) in [5, 5.41) is 0. The van der Waals surface area contributed by atoms with E-state index >= 15 is 0 Å². The van der Waals surface area contributed by atoms with E-state index in [0.29, 0.717) is 25.2 Å². The Balaban J connectivity index is 1.62. The molecule has 0 aromatic carbocycles. The number of hydrogen-bond donors (Lipinski definition) is 0. The van der Waals surface area contributed by atoms with Crippen LogP contribution in [-0.4, -0.2) is 48.6 Å². The first-order valence-electron chi connectivity index (χ1n) is 8.38. The van der Waals surface area contributed by atoms with Gasteiger partial charge in [-0.05, 0) is 32.0 Å². The maximum absolute atomic E-state index is 12.7. The van der Waals surface area contributed by atoms with E-state index in [2.05, 4.69) is 4.90 Å². The molecule has 0 atom stereocenters. The number of rotatable bonds is 6. The molecule has 3 rings (SSSR count). The summed E-state index contributed by atoms with van der Waals surface area (Å²) in [5.41, 5.74) is 0.586. The Kier molecular flexibility index (Phi) is 5.37. The molecule has 130 valence electrons. The summed E-state index contributed by atoms with van der Waals surface area (Å²) in [6.45, 7) is 8.93. The van der Waals surface area contributed by atoms with Crippen LogP contribution in [0.3, 0.4) is 0 Å². The summed E-state index contributed by atoms with van der Waals surface area (Å²) < 4.78 is 16.5. The Labute approximate surface area is 142 Å². The molecule has 1 aliphatic rings. The standard InChI is InChI=1S/C18H24N2O4/c1-3-20(12-16-5-4-14(2)24-16)18(21)15-10-17(23-13-15)11-19-6-8-22-9-7-19/h4-5,10,13H,3,6-9,11-12H2,1-2H3. The van der Waals surface area contributed by atoms with E-state index in [1.54, 1.807) is 11.2 Å². The number of carbonyl (C=O) groups is 1. The molecular formula is C18H24N2O4. The molecule has 0 spiro atoms. The van der Waals surface area contributed by atoms with Crippen molar-refractivity contribution >= 4 is 5.91 Å². The van der Waals surface area contributed by atoms with Gasteiger partial charge in [0.1, 0.15) is 23.5 Å². The van der Waals surface area contributed by atoms with Crippen molar-refractivity contribution in [2.75, 3.05) is 32.8 Å². The average Bonchev–Trinajstić information content (AvgIpc) is 3.22. The fourth-order valence-electron chi connectivity index (χ4n) is 2.82. The Morgan fingerprint density at radius 1 is 1.25 bits per heavy atom. The first kappa shape index (κ1) is 16.8. The number of amides is 1. The molecule has 0 bridgehead atoms. The second-order valence-electron chi connectivity index (χ2n) is 6.02. The van der Waals surface area contributed by atoms with Gasteiger partial charge in [0.25, 0.3) is 5.91 Å². The summed E-state index contributed by atoms with van der Waals surface area (Å²) in [7, 11) is 0. The van der Waals surface area contributed by atoms with Crippen molar-refractivity contribution in [1.29, 1.82) is 0 Å². The minimum absolute atomic E-state index is 0.0384. The van der Waals surface area contributed by atoms with Gasteiger partial charge in [-0.25, -0.2) is 0 Å². The number of hydrogen-bond acceptors (Lipinski definition) is 5. The fraction of sp³-hybridized carbons (Fsp3) is 0.500. The Bertz CT molecular complexity index is 670. The minimum atomic E-state index is -0.0384. The predicted octanol–water partition coefficient (Wildman–Crippen LogP) is 2.68. The van der Waals surface area contributed by atoms with E-state index in [-0.39, 0.29) is 5.91 Å². The van der Waals surface area contributed by atoms with Crippen LogP contribution >= 0.6 is 0 Å². The van der Waals surface area contributed by atoms with Crippen molar-refractivity contribution in [1.82, 2.24) is 9.80 Å². The van der Waals surface area contributed by atoms with E-state index < -0.39 is 0 Å². The van der Waals surface area contributed by atoms with Crippen LogP contribution < -0.4 is 0 Å². The zero-order valence-corrected chi connectivity index (χ0v) is 14.3. The minimum Gasteiger partial charge on any atom is -0.467 e. The van der Waals surface area contributed by atoms with Crippen molar-refractivity contribution in [3.05, 3.63) is 47.3 Å². The SMILES string of the molecule is CCN(Cc1ccc(C)o1)C(=O)c1coc(CN2CCOCC2)c1. The van der Waals surface area contributed by atoms with Crippen molar-refractivity contribution in [2.24, 2.45) is 0 Å². The molecule has 0 aliphatic carbocycles. The molecule has 1 fully saturated rings. The van der Waals surface area contributed by atoms with E-state index in [4.69, 9.17) is 13.6 Å². The van der Waals surface area contributed by atoms with Gasteiger partial charge in [-0.15, -0.1) is 0 Å². The van der Waals surface area contributed by atoms with Gasteiger partial charge in [-0.1, -0.05) is 0 Å². The van der Waals surface area contributed by atoms with Crippen molar-refractivity contribution < 1.29 is 18.4 Å². The quantitative estimate of drug-likeness (QED) is 0.814. The highest BCUT2D eigenvalue weighted by atomic mass is 16.5. The van der Waals surface area contributed by atoms with Gasteiger partial charge in [0.2, 0.25) is 0 Å². The molecule has 0 saturated carbocycles. The van der Waals surface area contributed by atoms with E-state index in [0.717, 1.165) is 43.6 Å². The summed E-state index contributed by atoms with van der Waals surface area (Å²) in [6.07, 6.45) is 1.55. The number of furan rings is 2. The van der Waals surface area contributed by atoms with Crippen LogP contribution in [0.1, 0.15) is 34.6 Å². The molecule has 0 N–H and O–H groups in total. The monoisotopic (exact) mass is 332 g/mol. The van der Waals surface area contributed by atoms with E-state index in [1.165, 1.54) is 0 Å². The molecule has 2 aromatic rings. The Hall–Kier alpha value is -2.05.